The number of fused-ring (bicyclic) bond motifs is 1. The van der Waals surface area contributed by atoms with Crippen LogP contribution in [0.4, 0.5) is 19.4 Å². The Morgan fingerprint density at radius 3 is 2.59 bits per heavy atom. The van der Waals surface area contributed by atoms with Gasteiger partial charge in [0.1, 0.15) is 23.4 Å². The molecule has 2 saturated carbocycles. The van der Waals surface area contributed by atoms with Crippen molar-refractivity contribution in [3.63, 3.8) is 0 Å². The average molecular weight is 476 g/mol. The number of carbonyl (C=O) groups is 1. The van der Waals surface area contributed by atoms with Crippen molar-refractivity contribution < 1.29 is 18.3 Å². The predicted octanol–water partition coefficient (Wildman–Crippen LogP) is 5.50. The van der Waals surface area contributed by atoms with Gasteiger partial charge in [0, 0.05) is 50.8 Å². The Morgan fingerprint density at radius 2 is 1.94 bits per heavy atom. The Morgan fingerprint density at radius 1 is 1.18 bits per heavy atom. The maximum Gasteiger partial charge on any atom is 0.410 e. The molecule has 2 atom stereocenters. The smallest absolute Gasteiger partial charge is 0.410 e. The van der Waals surface area contributed by atoms with Gasteiger partial charge in [0.15, 0.2) is 0 Å². The molecule has 0 spiro atoms. The monoisotopic (exact) mass is 475 g/mol. The van der Waals surface area contributed by atoms with Crippen LogP contribution in [0.5, 0.6) is 0 Å². The Balaban J connectivity index is 1.46. The number of aromatic nitrogens is 3. The molecule has 0 aromatic carbocycles. The number of rotatable bonds is 3. The first kappa shape index (κ1) is 23.3. The van der Waals surface area contributed by atoms with Crippen molar-refractivity contribution >= 4 is 22.9 Å². The van der Waals surface area contributed by atoms with Crippen molar-refractivity contribution in [2.45, 2.75) is 95.7 Å². The van der Waals surface area contributed by atoms with E-state index in [4.69, 9.17) is 4.74 Å². The second-order valence-electron chi connectivity index (χ2n) is 11.2. The van der Waals surface area contributed by atoms with Gasteiger partial charge in [-0.05, 0) is 64.9 Å². The number of anilines is 1. The van der Waals surface area contributed by atoms with Gasteiger partial charge in [-0.25, -0.2) is 23.5 Å². The first-order chi connectivity index (χ1) is 16.0. The van der Waals surface area contributed by atoms with E-state index in [9.17, 15) is 13.6 Å². The van der Waals surface area contributed by atoms with Crippen LogP contribution in [0.25, 0.3) is 11.0 Å². The molecule has 2 aliphatic carbocycles. The molecule has 3 heterocycles. The zero-order valence-corrected chi connectivity index (χ0v) is 20.6. The van der Waals surface area contributed by atoms with E-state index in [0.717, 1.165) is 36.1 Å². The SMILES string of the molecule is C[C@H]1CN(C(=O)OC(C)(C)C)CCN1c1ncnc2c1c(C1CC1)cn2C1CCCC(F)(F)C1. The van der Waals surface area contributed by atoms with Crippen LogP contribution in [-0.4, -0.2) is 62.7 Å². The fourth-order valence-electron chi connectivity index (χ4n) is 5.44. The van der Waals surface area contributed by atoms with E-state index in [-0.39, 0.29) is 31.0 Å². The minimum absolute atomic E-state index is 0.0299. The van der Waals surface area contributed by atoms with Gasteiger partial charge < -0.3 is 19.1 Å². The fourth-order valence-corrected chi connectivity index (χ4v) is 5.44. The zero-order valence-electron chi connectivity index (χ0n) is 20.6. The number of carbonyl (C=O) groups excluding carboxylic acids is 1. The van der Waals surface area contributed by atoms with E-state index in [0.29, 0.717) is 32.0 Å². The second-order valence-corrected chi connectivity index (χ2v) is 11.2. The van der Waals surface area contributed by atoms with E-state index in [1.807, 2.05) is 25.3 Å². The molecule has 3 aliphatic rings. The standard InChI is InChI=1S/C25H35F2N5O2/c1-16-13-30(23(33)34-24(2,3)4)10-11-31(16)21-20-19(17-7-8-17)14-32(22(20)29-15-28-21)18-6-5-9-25(26,27)12-18/h14-18H,5-13H2,1-4H3/t16-,18?/m0/s1. The summed E-state index contributed by atoms with van der Waals surface area (Å²) in [7, 11) is 0. The van der Waals surface area contributed by atoms with E-state index in [1.54, 1.807) is 11.2 Å². The summed E-state index contributed by atoms with van der Waals surface area (Å²) in [6.07, 6.45) is 6.66. The number of amides is 1. The lowest BCUT2D eigenvalue weighted by Gasteiger charge is -2.41. The highest BCUT2D eigenvalue weighted by Gasteiger charge is 2.40. The van der Waals surface area contributed by atoms with Crippen LogP contribution in [0.2, 0.25) is 0 Å². The van der Waals surface area contributed by atoms with E-state index < -0.39 is 11.5 Å². The molecule has 1 amide bonds. The molecular weight excluding hydrogens is 440 g/mol. The summed E-state index contributed by atoms with van der Waals surface area (Å²) in [5.41, 5.74) is 1.41. The Bertz CT molecular complexity index is 1080. The summed E-state index contributed by atoms with van der Waals surface area (Å²) < 4.78 is 36.1. The number of hydrogen-bond donors (Lipinski definition) is 0. The Hall–Kier alpha value is -2.45. The van der Waals surface area contributed by atoms with Crippen molar-refractivity contribution in [1.82, 2.24) is 19.4 Å². The minimum Gasteiger partial charge on any atom is -0.444 e. The molecular formula is C25H35F2N5O2. The number of piperazine rings is 1. The third-order valence-corrected chi connectivity index (χ3v) is 7.19. The summed E-state index contributed by atoms with van der Waals surface area (Å²) in [6, 6.07) is -0.211. The molecule has 0 bridgehead atoms. The lowest BCUT2D eigenvalue weighted by Crippen LogP contribution is -2.54. The highest BCUT2D eigenvalue weighted by Crippen LogP contribution is 2.48. The van der Waals surface area contributed by atoms with Crippen LogP contribution >= 0.6 is 0 Å². The fraction of sp³-hybridized carbons (Fsp3) is 0.720. The first-order valence-electron chi connectivity index (χ1n) is 12.5. The van der Waals surface area contributed by atoms with Gasteiger partial charge in [-0.1, -0.05) is 0 Å². The van der Waals surface area contributed by atoms with Crippen molar-refractivity contribution in [2.75, 3.05) is 24.5 Å². The van der Waals surface area contributed by atoms with Crippen molar-refractivity contribution in [3.05, 3.63) is 18.1 Å². The molecule has 9 heteroatoms. The van der Waals surface area contributed by atoms with Crippen LogP contribution in [-0.2, 0) is 4.74 Å². The normalized spacial score (nSPS) is 25.6. The highest BCUT2D eigenvalue weighted by molar-refractivity contribution is 5.92. The lowest BCUT2D eigenvalue weighted by atomic mass is 9.92. The molecule has 1 unspecified atom stereocenters. The van der Waals surface area contributed by atoms with Gasteiger partial charge in [0.25, 0.3) is 0 Å². The molecule has 1 saturated heterocycles. The van der Waals surface area contributed by atoms with Gasteiger partial charge in [-0.15, -0.1) is 0 Å². The third-order valence-electron chi connectivity index (χ3n) is 7.19. The summed E-state index contributed by atoms with van der Waals surface area (Å²) in [5.74, 6) is -1.33. The summed E-state index contributed by atoms with van der Waals surface area (Å²) in [6.45, 7) is 9.40. The number of alkyl halides is 2. The Labute approximate surface area is 199 Å². The van der Waals surface area contributed by atoms with Gasteiger partial charge in [0.2, 0.25) is 5.92 Å². The molecule has 3 fully saturated rings. The highest BCUT2D eigenvalue weighted by atomic mass is 19.3. The number of halogens is 2. The molecule has 34 heavy (non-hydrogen) atoms. The quantitative estimate of drug-likeness (QED) is 0.586. The molecule has 2 aromatic rings. The summed E-state index contributed by atoms with van der Waals surface area (Å²) in [4.78, 5) is 25.9. The van der Waals surface area contributed by atoms with Gasteiger partial charge in [-0.3, -0.25) is 0 Å². The van der Waals surface area contributed by atoms with Crippen LogP contribution in [0, 0.1) is 0 Å². The Kier molecular flexibility index (Phi) is 5.72. The number of hydrogen-bond acceptors (Lipinski definition) is 5. The van der Waals surface area contributed by atoms with Crippen molar-refractivity contribution in [1.29, 1.82) is 0 Å². The van der Waals surface area contributed by atoms with Crippen LogP contribution in [0.3, 0.4) is 0 Å². The summed E-state index contributed by atoms with van der Waals surface area (Å²) >= 11 is 0. The molecule has 2 aromatic heterocycles. The van der Waals surface area contributed by atoms with E-state index in [1.165, 1.54) is 5.56 Å². The van der Waals surface area contributed by atoms with Crippen molar-refractivity contribution in [2.24, 2.45) is 0 Å². The maximum atomic E-state index is 14.2. The minimum atomic E-state index is -2.62. The van der Waals surface area contributed by atoms with Gasteiger partial charge in [-0.2, -0.15) is 0 Å². The molecule has 5 rings (SSSR count). The molecule has 0 radical (unpaired) electrons. The molecule has 1 aliphatic heterocycles. The average Bonchev–Trinajstić information content (AvgIpc) is 3.51. The number of ether oxygens (including phenoxy) is 1. The largest absolute Gasteiger partial charge is 0.444 e. The van der Waals surface area contributed by atoms with E-state index >= 15 is 0 Å². The van der Waals surface area contributed by atoms with Gasteiger partial charge in [0.05, 0.1) is 5.39 Å². The van der Waals surface area contributed by atoms with Crippen LogP contribution in [0.1, 0.15) is 83.7 Å². The lowest BCUT2D eigenvalue weighted by molar-refractivity contribution is -0.0491. The third kappa shape index (κ3) is 4.58. The predicted molar refractivity (Wildman–Crippen MR) is 127 cm³/mol. The topological polar surface area (TPSA) is 63.5 Å². The molecule has 0 N–H and O–H groups in total. The van der Waals surface area contributed by atoms with E-state index in [2.05, 4.69) is 28.0 Å². The van der Waals surface area contributed by atoms with Crippen molar-refractivity contribution in [3.8, 4) is 0 Å². The number of nitrogens with zero attached hydrogens (tertiary/aromatic N) is 5. The first-order valence-corrected chi connectivity index (χ1v) is 12.5. The summed E-state index contributed by atoms with van der Waals surface area (Å²) in [5, 5.41) is 0.997. The molecule has 7 nitrogen and oxygen atoms in total. The zero-order chi connectivity index (χ0) is 24.3. The maximum absolute atomic E-state index is 14.2. The molecule has 186 valence electrons. The second kappa shape index (κ2) is 8.34. The van der Waals surface area contributed by atoms with Gasteiger partial charge >= 0.3 is 6.09 Å². The van der Waals surface area contributed by atoms with Crippen LogP contribution in [0.15, 0.2) is 12.5 Å². The van der Waals surface area contributed by atoms with Crippen LogP contribution < -0.4 is 4.90 Å².